The lowest BCUT2D eigenvalue weighted by molar-refractivity contribution is 0.460. The van der Waals surface area contributed by atoms with E-state index in [0.717, 1.165) is 12.1 Å². The summed E-state index contributed by atoms with van der Waals surface area (Å²) in [5, 5.41) is 5.00. The van der Waals surface area contributed by atoms with Gasteiger partial charge in [-0.05, 0) is 40.2 Å². The van der Waals surface area contributed by atoms with Crippen LogP contribution >= 0.6 is 27.5 Å². The van der Waals surface area contributed by atoms with Crippen molar-refractivity contribution in [1.82, 2.24) is 0 Å². The van der Waals surface area contributed by atoms with E-state index in [1.807, 2.05) is 0 Å². The quantitative estimate of drug-likeness (QED) is 0.616. The van der Waals surface area contributed by atoms with Crippen molar-refractivity contribution in [3.05, 3.63) is 45.6 Å². The summed E-state index contributed by atoms with van der Waals surface area (Å²) < 4.78 is 42.3. The third-order valence-electron chi connectivity index (χ3n) is 2.47. The number of hydrogen-bond donors (Lipinski definition) is 2. The van der Waals surface area contributed by atoms with Gasteiger partial charge in [0.05, 0.1) is 9.50 Å². The van der Waals surface area contributed by atoms with Gasteiger partial charge in [-0.15, -0.1) is 0 Å². The molecule has 2 aromatic carbocycles. The van der Waals surface area contributed by atoms with Gasteiger partial charge in [0, 0.05) is 11.8 Å². The predicted octanol–water partition coefficient (Wildman–Crippen LogP) is 3.26. The first kappa shape index (κ1) is 16.0. The Bertz CT molecular complexity index is 814. The van der Waals surface area contributed by atoms with E-state index in [2.05, 4.69) is 15.9 Å². The third kappa shape index (κ3) is 3.65. The van der Waals surface area contributed by atoms with E-state index in [1.54, 1.807) is 0 Å². The molecule has 0 amide bonds. The Kier molecular flexibility index (Phi) is 4.43. The van der Waals surface area contributed by atoms with Crippen LogP contribution in [0.3, 0.4) is 0 Å². The first-order valence-corrected chi connectivity index (χ1v) is 8.15. The van der Waals surface area contributed by atoms with Crippen molar-refractivity contribution in [2.75, 3.05) is 5.73 Å². The Morgan fingerprint density at radius 2 is 1.86 bits per heavy atom. The minimum Gasteiger partial charge on any atom is -0.455 e. The molecule has 0 unspecified atom stereocenters. The van der Waals surface area contributed by atoms with Gasteiger partial charge in [0.2, 0.25) is 10.0 Å². The largest absolute Gasteiger partial charge is 0.455 e. The highest BCUT2D eigenvalue weighted by molar-refractivity contribution is 9.10. The normalized spacial score (nSPS) is 11.4. The topological polar surface area (TPSA) is 95.4 Å². The van der Waals surface area contributed by atoms with Gasteiger partial charge >= 0.3 is 0 Å². The van der Waals surface area contributed by atoms with Crippen LogP contribution in [-0.2, 0) is 10.0 Å². The average molecular weight is 396 g/mol. The third-order valence-corrected chi connectivity index (χ3v) is 4.31. The van der Waals surface area contributed by atoms with Crippen LogP contribution in [-0.4, -0.2) is 8.42 Å². The standard InChI is InChI=1S/C12H9BrClFN2O3S/c13-7-4-8(14)9(15)5-11(7)20-10-2-1-6(16)3-12(10)21(17,18)19/h1-5H,16H2,(H2,17,18,19). The fourth-order valence-electron chi connectivity index (χ4n) is 1.53. The Balaban J connectivity index is 2.53. The van der Waals surface area contributed by atoms with Gasteiger partial charge in [0.15, 0.2) is 0 Å². The summed E-state index contributed by atoms with van der Waals surface area (Å²) in [7, 11) is -4.05. The van der Waals surface area contributed by atoms with Gasteiger partial charge in [0.25, 0.3) is 0 Å². The molecule has 4 N–H and O–H groups in total. The molecule has 0 radical (unpaired) electrons. The van der Waals surface area contributed by atoms with Crippen LogP contribution in [0.15, 0.2) is 39.7 Å². The maximum absolute atomic E-state index is 13.5. The molecule has 9 heteroatoms. The van der Waals surface area contributed by atoms with E-state index in [9.17, 15) is 12.8 Å². The van der Waals surface area contributed by atoms with Crippen LogP contribution in [0, 0.1) is 5.82 Å². The summed E-state index contributed by atoms with van der Waals surface area (Å²) in [6, 6.07) is 6.24. The monoisotopic (exact) mass is 394 g/mol. The molecule has 21 heavy (non-hydrogen) atoms. The fraction of sp³-hybridized carbons (Fsp3) is 0. The summed E-state index contributed by atoms with van der Waals surface area (Å²) in [6.45, 7) is 0. The second-order valence-corrected chi connectivity index (χ2v) is 6.84. The molecule has 0 spiro atoms. The van der Waals surface area contributed by atoms with Crippen LogP contribution in [0.5, 0.6) is 11.5 Å². The molecule has 0 aliphatic carbocycles. The molecular formula is C12H9BrClFN2O3S. The summed E-state index contributed by atoms with van der Waals surface area (Å²) in [6.07, 6.45) is 0. The molecule has 0 fully saturated rings. The van der Waals surface area contributed by atoms with Crippen molar-refractivity contribution >= 4 is 43.2 Å². The summed E-state index contributed by atoms with van der Waals surface area (Å²) in [4.78, 5) is -0.301. The lowest BCUT2D eigenvalue weighted by Crippen LogP contribution is -2.13. The summed E-state index contributed by atoms with van der Waals surface area (Å²) in [5.74, 6) is -0.733. The number of primary sulfonamides is 1. The first-order valence-electron chi connectivity index (χ1n) is 5.43. The van der Waals surface area contributed by atoms with Crippen molar-refractivity contribution in [3.8, 4) is 11.5 Å². The van der Waals surface area contributed by atoms with E-state index >= 15 is 0 Å². The number of anilines is 1. The lowest BCUT2D eigenvalue weighted by Gasteiger charge is -2.12. The van der Waals surface area contributed by atoms with Crippen LogP contribution in [0.1, 0.15) is 0 Å². The van der Waals surface area contributed by atoms with Crippen molar-refractivity contribution < 1.29 is 17.5 Å². The van der Waals surface area contributed by atoms with Crippen molar-refractivity contribution in [3.63, 3.8) is 0 Å². The zero-order valence-electron chi connectivity index (χ0n) is 10.3. The second-order valence-electron chi connectivity index (χ2n) is 4.05. The average Bonchev–Trinajstić information content (AvgIpc) is 2.36. The van der Waals surface area contributed by atoms with Crippen LogP contribution < -0.4 is 15.6 Å². The Morgan fingerprint density at radius 3 is 2.48 bits per heavy atom. The Hall–Kier alpha value is -1.35. The molecule has 0 aliphatic heterocycles. The lowest BCUT2D eigenvalue weighted by atomic mass is 10.3. The maximum Gasteiger partial charge on any atom is 0.241 e. The van der Waals surface area contributed by atoms with Gasteiger partial charge in [0.1, 0.15) is 22.2 Å². The van der Waals surface area contributed by atoms with Gasteiger partial charge in [-0.1, -0.05) is 11.6 Å². The molecule has 5 nitrogen and oxygen atoms in total. The van der Waals surface area contributed by atoms with Crippen molar-refractivity contribution in [2.45, 2.75) is 4.90 Å². The smallest absolute Gasteiger partial charge is 0.241 e. The highest BCUT2D eigenvalue weighted by atomic mass is 79.9. The number of hydrogen-bond acceptors (Lipinski definition) is 4. The predicted molar refractivity (Wildman–Crippen MR) is 81.4 cm³/mol. The summed E-state index contributed by atoms with van der Waals surface area (Å²) in [5.41, 5.74) is 5.73. The molecule has 0 atom stereocenters. The molecule has 0 heterocycles. The van der Waals surface area contributed by atoms with E-state index in [-0.39, 0.29) is 27.1 Å². The number of rotatable bonds is 3. The molecule has 0 saturated carbocycles. The molecule has 0 aromatic heterocycles. The number of sulfonamides is 1. The maximum atomic E-state index is 13.5. The van der Waals surface area contributed by atoms with E-state index in [0.29, 0.717) is 4.47 Å². The fourth-order valence-corrected chi connectivity index (χ4v) is 2.94. The molecule has 2 aromatic rings. The minimum absolute atomic E-state index is 0.0478. The zero-order chi connectivity index (χ0) is 15.8. The number of nitrogens with two attached hydrogens (primary N) is 2. The zero-order valence-corrected chi connectivity index (χ0v) is 13.5. The summed E-state index contributed by atoms with van der Waals surface area (Å²) >= 11 is 8.77. The Morgan fingerprint density at radius 1 is 1.19 bits per heavy atom. The molecular weight excluding hydrogens is 387 g/mol. The van der Waals surface area contributed by atoms with E-state index < -0.39 is 15.8 Å². The number of ether oxygens (including phenoxy) is 1. The van der Waals surface area contributed by atoms with Crippen molar-refractivity contribution in [2.24, 2.45) is 5.14 Å². The highest BCUT2D eigenvalue weighted by Crippen LogP contribution is 2.36. The van der Waals surface area contributed by atoms with Crippen LogP contribution in [0.4, 0.5) is 10.1 Å². The highest BCUT2D eigenvalue weighted by Gasteiger charge is 2.18. The first-order chi connectivity index (χ1) is 9.68. The molecule has 0 bridgehead atoms. The van der Waals surface area contributed by atoms with Gasteiger partial charge in [-0.25, -0.2) is 17.9 Å². The van der Waals surface area contributed by atoms with Gasteiger partial charge in [-0.3, -0.25) is 0 Å². The molecule has 112 valence electrons. The second kappa shape index (κ2) is 5.80. The van der Waals surface area contributed by atoms with E-state index in [4.69, 9.17) is 27.2 Å². The van der Waals surface area contributed by atoms with E-state index in [1.165, 1.54) is 18.2 Å². The van der Waals surface area contributed by atoms with Crippen LogP contribution in [0.25, 0.3) is 0 Å². The number of halogens is 3. The minimum atomic E-state index is -4.05. The molecule has 0 saturated heterocycles. The molecule has 2 rings (SSSR count). The van der Waals surface area contributed by atoms with Gasteiger partial charge in [-0.2, -0.15) is 0 Å². The SMILES string of the molecule is Nc1ccc(Oc2cc(F)c(Cl)cc2Br)c(S(N)(=O)=O)c1. The van der Waals surface area contributed by atoms with Crippen molar-refractivity contribution in [1.29, 1.82) is 0 Å². The van der Waals surface area contributed by atoms with Gasteiger partial charge < -0.3 is 10.5 Å². The Labute approximate surface area is 133 Å². The molecule has 0 aliphatic rings. The number of nitrogen functional groups attached to an aromatic ring is 1. The van der Waals surface area contributed by atoms with Crippen LogP contribution in [0.2, 0.25) is 5.02 Å². The number of benzene rings is 2.